The van der Waals surface area contributed by atoms with E-state index in [9.17, 15) is 41.2 Å². The van der Waals surface area contributed by atoms with Gasteiger partial charge in [-0.3, -0.25) is 9.59 Å². The summed E-state index contributed by atoms with van der Waals surface area (Å²) in [5.74, 6) is -0.810. The standard InChI is InChI=1S/C22H18F6IN3O2S/c1-11(10-35-2)31-19(34)17-14(4-3-5-15(17)29)18(33)32-16-7-6-13(8-12(16)9-30)21(25,20(23)24)22(26,27)28/h3-8,11,20H,10H2,1-2H3,(H,31,34)(H,32,33)/t11-,21?/m0/s1. The summed E-state index contributed by atoms with van der Waals surface area (Å²) in [7, 11) is 0. The molecule has 0 saturated heterocycles. The molecule has 2 N–H and O–H groups in total. The number of carbonyl (C=O) groups excluding carboxylic acids is 2. The second-order valence-corrected chi connectivity index (χ2v) is 9.40. The second kappa shape index (κ2) is 11.5. The molecular formula is C22H18F6IN3O2S. The zero-order chi connectivity index (χ0) is 26.6. The van der Waals surface area contributed by atoms with Crippen molar-refractivity contribution in [2.45, 2.75) is 31.2 Å². The van der Waals surface area contributed by atoms with Crippen LogP contribution in [0.3, 0.4) is 0 Å². The zero-order valence-corrected chi connectivity index (χ0v) is 21.1. The molecule has 0 radical (unpaired) electrons. The molecule has 2 aromatic rings. The highest BCUT2D eigenvalue weighted by Crippen LogP contribution is 2.47. The van der Waals surface area contributed by atoms with E-state index in [1.54, 1.807) is 13.0 Å². The molecule has 35 heavy (non-hydrogen) atoms. The highest BCUT2D eigenvalue weighted by molar-refractivity contribution is 14.1. The van der Waals surface area contributed by atoms with Crippen molar-refractivity contribution in [3.05, 3.63) is 62.2 Å². The van der Waals surface area contributed by atoms with Crippen LogP contribution in [0.25, 0.3) is 0 Å². The number of carbonyl (C=O) groups is 2. The Bertz CT molecular complexity index is 1150. The number of anilines is 1. The fraction of sp³-hybridized carbons (Fsp3) is 0.318. The predicted molar refractivity (Wildman–Crippen MR) is 128 cm³/mol. The number of nitriles is 1. The summed E-state index contributed by atoms with van der Waals surface area (Å²) < 4.78 is 80.0. The summed E-state index contributed by atoms with van der Waals surface area (Å²) >= 11 is 3.36. The lowest BCUT2D eigenvalue weighted by molar-refractivity contribution is -0.274. The van der Waals surface area contributed by atoms with Crippen molar-refractivity contribution in [3.63, 3.8) is 0 Å². The molecule has 2 amide bonds. The highest BCUT2D eigenvalue weighted by atomic mass is 127. The van der Waals surface area contributed by atoms with E-state index in [0.29, 0.717) is 21.5 Å². The van der Waals surface area contributed by atoms with Crippen LogP contribution in [0.15, 0.2) is 36.4 Å². The Hall–Kier alpha value is -2.47. The molecule has 5 nitrogen and oxygen atoms in total. The van der Waals surface area contributed by atoms with Crippen LogP contribution >= 0.6 is 34.4 Å². The summed E-state index contributed by atoms with van der Waals surface area (Å²) in [5, 5.41) is 14.3. The van der Waals surface area contributed by atoms with Gasteiger partial charge in [0.15, 0.2) is 0 Å². The van der Waals surface area contributed by atoms with E-state index in [1.165, 1.54) is 30.0 Å². The summed E-state index contributed by atoms with van der Waals surface area (Å²) in [6.45, 7) is 1.77. The maximum absolute atomic E-state index is 14.4. The Morgan fingerprint density at radius 2 is 1.80 bits per heavy atom. The number of nitrogens with one attached hydrogen (secondary N) is 2. The molecule has 0 spiro atoms. The Balaban J connectivity index is 2.44. The molecule has 0 aliphatic heterocycles. The third-order valence-corrected chi connectivity index (χ3v) is 6.53. The van der Waals surface area contributed by atoms with E-state index < -0.39 is 41.2 Å². The minimum atomic E-state index is -5.95. The number of amides is 2. The van der Waals surface area contributed by atoms with Gasteiger partial charge in [0.05, 0.1) is 22.4 Å². The fourth-order valence-electron chi connectivity index (χ4n) is 3.11. The average molecular weight is 629 g/mol. The molecule has 0 bridgehead atoms. The number of hydrogen-bond acceptors (Lipinski definition) is 4. The van der Waals surface area contributed by atoms with Crippen molar-refractivity contribution >= 4 is 51.9 Å². The van der Waals surface area contributed by atoms with E-state index in [0.717, 1.165) is 6.07 Å². The minimum Gasteiger partial charge on any atom is -0.349 e. The quantitative estimate of drug-likeness (QED) is 0.282. The van der Waals surface area contributed by atoms with Gasteiger partial charge in [-0.05, 0) is 60.0 Å². The molecule has 1 unspecified atom stereocenters. The monoisotopic (exact) mass is 629 g/mol. The molecule has 0 saturated carbocycles. The fourth-order valence-corrected chi connectivity index (χ4v) is 4.43. The van der Waals surface area contributed by atoms with Gasteiger partial charge in [-0.1, -0.05) is 12.1 Å². The first-order chi connectivity index (χ1) is 16.3. The van der Waals surface area contributed by atoms with Crippen molar-refractivity contribution in [2.24, 2.45) is 0 Å². The molecule has 2 atom stereocenters. The first kappa shape index (κ1) is 28.8. The topological polar surface area (TPSA) is 82.0 Å². The smallest absolute Gasteiger partial charge is 0.349 e. The SMILES string of the molecule is CSC[C@H](C)NC(=O)c1c(I)cccc1C(=O)Nc1ccc(C(F)(C(F)F)C(F)(F)F)cc1C#N. The summed E-state index contributed by atoms with van der Waals surface area (Å²) in [5.41, 5.74) is -7.57. The predicted octanol–water partition coefficient (Wildman–Crippen LogP) is 5.89. The van der Waals surface area contributed by atoms with E-state index in [2.05, 4.69) is 10.6 Å². The lowest BCUT2D eigenvalue weighted by Crippen LogP contribution is -2.44. The van der Waals surface area contributed by atoms with Crippen LogP contribution < -0.4 is 10.6 Å². The van der Waals surface area contributed by atoms with Crippen LogP contribution in [0.1, 0.15) is 38.8 Å². The summed E-state index contributed by atoms with van der Waals surface area (Å²) in [6.07, 6.45) is -8.54. The van der Waals surface area contributed by atoms with E-state index in [1.807, 2.05) is 28.8 Å². The van der Waals surface area contributed by atoms with Gasteiger partial charge in [0.1, 0.15) is 6.07 Å². The number of halogens is 7. The van der Waals surface area contributed by atoms with Crippen molar-refractivity contribution in [1.29, 1.82) is 5.26 Å². The Morgan fingerprint density at radius 1 is 1.14 bits per heavy atom. The van der Waals surface area contributed by atoms with Gasteiger partial charge in [-0.25, -0.2) is 13.2 Å². The van der Waals surface area contributed by atoms with Crippen LogP contribution in [-0.2, 0) is 5.67 Å². The molecule has 0 heterocycles. The van der Waals surface area contributed by atoms with Gasteiger partial charge in [0.2, 0.25) is 0 Å². The molecule has 188 valence electrons. The molecule has 0 aliphatic carbocycles. The Labute approximate surface area is 214 Å². The second-order valence-electron chi connectivity index (χ2n) is 7.33. The Kier molecular flexibility index (Phi) is 9.46. The molecule has 13 heteroatoms. The molecule has 0 aromatic heterocycles. The summed E-state index contributed by atoms with van der Waals surface area (Å²) in [6, 6.07) is 7.12. The normalized spacial score (nSPS) is 14.1. The lowest BCUT2D eigenvalue weighted by atomic mass is 9.93. The minimum absolute atomic E-state index is 0.0335. The average Bonchev–Trinajstić information content (AvgIpc) is 2.77. The van der Waals surface area contributed by atoms with Crippen LogP contribution in [0.4, 0.5) is 32.0 Å². The van der Waals surface area contributed by atoms with Gasteiger partial charge < -0.3 is 10.6 Å². The third-order valence-electron chi connectivity index (χ3n) is 4.80. The van der Waals surface area contributed by atoms with Crippen molar-refractivity contribution in [1.82, 2.24) is 5.32 Å². The first-order valence-corrected chi connectivity index (χ1v) is 12.2. The van der Waals surface area contributed by atoms with Crippen LogP contribution in [0, 0.1) is 14.9 Å². The lowest BCUT2D eigenvalue weighted by Gasteiger charge is -2.27. The van der Waals surface area contributed by atoms with Crippen molar-refractivity contribution < 1.29 is 35.9 Å². The number of benzene rings is 2. The number of alkyl halides is 6. The number of thioether (sulfide) groups is 1. The van der Waals surface area contributed by atoms with Crippen LogP contribution in [-0.4, -0.2) is 42.5 Å². The number of nitrogens with zero attached hydrogens (tertiary/aromatic N) is 1. The largest absolute Gasteiger partial charge is 0.432 e. The van der Waals surface area contributed by atoms with Crippen molar-refractivity contribution in [3.8, 4) is 6.07 Å². The maximum atomic E-state index is 14.4. The van der Waals surface area contributed by atoms with E-state index in [-0.39, 0.29) is 22.9 Å². The molecule has 0 fully saturated rings. The third kappa shape index (κ3) is 6.21. The molecular weight excluding hydrogens is 611 g/mol. The number of hydrogen-bond donors (Lipinski definition) is 2. The Morgan fingerprint density at radius 3 is 2.34 bits per heavy atom. The van der Waals surface area contributed by atoms with Gasteiger partial charge in [0, 0.05) is 20.9 Å². The van der Waals surface area contributed by atoms with Crippen LogP contribution in [0.5, 0.6) is 0 Å². The van der Waals surface area contributed by atoms with Gasteiger partial charge >= 0.3 is 6.18 Å². The zero-order valence-electron chi connectivity index (χ0n) is 18.1. The van der Waals surface area contributed by atoms with Crippen LogP contribution in [0.2, 0.25) is 0 Å². The van der Waals surface area contributed by atoms with E-state index in [4.69, 9.17) is 0 Å². The van der Waals surface area contributed by atoms with Gasteiger partial charge in [0.25, 0.3) is 23.9 Å². The molecule has 2 rings (SSSR count). The summed E-state index contributed by atoms with van der Waals surface area (Å²) in [4.78, 5) is 25.7. The number of rotatable bonds is 8. The molecule has 2 aromatic carbocycles. The molecule has 0 aliphatic rings. The van der Waals surface area contributed by atoms with Gasteiger partial charge in [-0.2, -0.15) is 30.2 Å². The van der Waals surface area contributed by atoms with E-state index >= 15 is 0 Å². The maximum Gasteiger partial charge on any atom is 0.432 e. The van der Waals surface area contributed by atoms with Crippen molar-refractivity contribution in [2.75, 3.05) is 17.3 Å². The highest BCUT2D eigenvalue weighted by Gasteiger charge is 2.64. The first-order valence-electron chi connectivity index (χ1n) is 9.76. The van der Waals surface area contributed by atoms with Gasteiger partial charge in [-0.15, -0.1) is 0 Å².